The van der Waals surface area contributed by atoms with Gasteiger partial charge in [-0.25, -0.2) is 0 Å². The number of carbonyl (C=O) groups is 7. The molecule has 0 aromatic heterocycles. The fourth-order valence-corrected chi connectivity index (χ4v) is 6.28. The van der Waals surface area contributed by atoms with Crippen molar-refractivity contribution in [1.29, 1.82) is 0 Å². The molecule has 2 atom stereocenters. The van der Waals surface area contributed by atoms with Crippen LogP contribution in [0.15, 0.2) is 0 Å². The van der Waals surface area contributed by atoms with Gasteiger partial charge in [0.05, 0.1) is 44.9 Å². The van der Waals surface area contributed by atoms with E-state index < -0.39 is 29.7 Å². The third kappa shape index (κ3) is 40.0. The first-order valence-corrected chi connectivity index (χ1v) is 22.5. The average molecular weight is 859 g/mol. The Hall–Kier alpha value is -3.47. The zero-order valence-corrected chi connectivity index (χ0v) is 36.5. The summed E-state index contributed by atoms with van der Waals surface area (Å²) in [5.41, 5.74) is 0. The number of amides is 2. The Bertz CT molecular complexity index is 1170. The smallest absolute Gasteiger partial charge is 0.306 e. The van der Waals surface area contributed by atoms with E-state index in [1.54, 1.807) is 6.92 Å². The Balaban J connectivity index is 3.65. The molecule has 0 heterocycles. The number of nitrogens with one attached hydrogen (secondary N) is 2. The summed E-state index contributed by atoms with van der Waals surface area (Å²) in [5, 5.41) is 32.5. The van der Waals surface area contributed by atoms with Gasteiger partial charge in [-0.2, -0.15) is 0 Å². The lowest BCUT2D eigenvalue weighted by Crippen LogP contribution is -2.29. The largest absolute Gasteiger partial charge is 0.481 e. The van der Waals surface area contributed by atoms with Crippen molar-refractivity contribution < 1.29 is 67.8 Å². The molecule has 0 aliphatic carbocycles. The van der Waals surface area contributed by atoms with Crippen molar-refractivity contribution in [3.05, 3.63) is 0 Å². The maximum atomic E-state index is 12.4. The van der Waals surface area contributed by atoms with Gasteiger partial charge in [-0.3, -0.25) is 33.6 Å². The molecule has 348 valence electrons. The molecule has 60 heavy (non-hydrogen) atoms. The van der Waals surface area contributed by atoms with Crippen LogP contribution in [0.25, 0.3) is 0 Å². The van der Waals surface area contributed by atoms with Crippen molar-refractivity contribution in [2.45, 2.75) is 161 Å². The van der Waals surface area contributed by atoms with E-state index >= 15 is 0 Å². The first-order valence-electron chi connectivity index (χ1n) is 22.5. The van der Waals surface area contributed by atoms with Crippen LogP contribution in [0.5, 0.6) is 0 Å². The van der Waals surface area contributed by atoms with Gasteiger partial charge in [-0.15, -0.1) is 0 Å². The summed E-state index contributed by atoms with van der Waals surface area (Å²) in [5.74, 6) is -4.58. The Morgan fingerprint density at radius 2 is 0.933 bits per heavy atom. The number of aliphatic carboxylic acids is 3. The highest BCUT2D eigenvalue weighted by Crippen LogP contribution is 2.17. The predicted octanol–water partition coefficient (Wildman–Crippen LogP) is 6.29. The van der Waals surface area contributed by atoms with Gasteiger partial charge in [0.2, 0.25) is 11.8 Å². The third-order valence-electron chi connectivity index (χ3n) is 10.0. The Morgan fingerprint density at radius 1 is 0.433 bits per heavy atom. The molecular weight excluding hydrogens is 780 g/mol. The minimum absolute atomic E-state index is 0.00206. The van der Waals surface area contributed by atoms with Crippen molar-refractivity contribution in [2.75, 3.05) is 65.9 Å². The highest BCUT2D eigenvalue weighted by Gasteiger charge is 2.22. The second-order valence-electron chi connectivity index (χ2n) is 15.6. The summed E-state index contributed by atoms with van der Waals surface area (Å²) >= 11 is 0. The molecule has 16 heteroatoms. The number of carboxylic acids is 3. The minimum atomic E-state index is -1.07. The minimum Gasteiger partial charge on any atom is -0.481 e. The van der Waals surface area contributed by atoms with Crippen LogP contribution in [0.3, 0.4) is 0 Å². The molecule has 0 aromatic rings. The van der Waals surface area contributed by atoms with Crippen LogP contribution in [-0.2, 0) is 52.5 Å². The van der Waals surface area contributed by atoms with Gasteiger partial charge in [0.15, 0.2) is 5.78 Å². The lowest BCUT2D eigenvalue weighted by Gasteiger charge is -2.12. The molecule has 16 nitrogen and oxygen atoms in total. The fraction of sp³-hybridized carbons (Fsp3) is 0.841. The zero-order chi connectivity index (χ0) is 44.5. The first-order chi connectivity index (χ1) is 28.9. The van der Waals surface area contributed by atoms with E-state index in [0.717, 1.165) is 51.4 Å². The Kier molecular flexibility index (Phi) is 38.5. The van der Waals surface area contributed by atoms with Gasteiger partial charge >= 0.3 is 17.9 Å². The van der Waals surface area contributed by atoms with Gasteiger partial charge in [-0.1, -0.05) is 90.4 Å². The second kappa shape index (κ2) is 40.9. The molecule has 0 aromatic carbocycles. The standard InChI is InChI=1S/C44H78N2O14/c1-36(43(53)54)19-16-17-25-45-41(50)35-60-32-29-57-27-18-21-39(48)34-59-31-30-58-28-26-46-40(49)24-23-37(44(55)56)33-38(47)20-14-12-10-8-6-4-2-3-5-7-9-11-13-15-22-42(51)52/h36-37H,2-35H2,1H3,(H,45,50)(H,46,49)(H,51,52)(H,53,54)(H,55,56)/t36-,37?/m0/s1. The van der Waals surface area contributed by atoms with Crippen molar-refractivity contribution in [1.82, 2.24) is 10.6 Å². The molecule has 0 spiro atoms. The van der Waals surface area contributed by atoms with E-state index in [1.165, 1.54) is 44.9 Å². The number of ketones is 2. The molecule has 0 radical (unpaired) electrons. The predicted molar refractivity (Wildman–Crippen MR) is 226 cm³/mol. The van der Waals surface area contributed by atoms with Gasteiger partial charge in [0, 0.05) is 51.8 Å². The van der Waals surface area contributed by atoms with Crippen molar-refractivity contribution >= 4 is 41.3 Å². The summed E-state index contributed by atoms with van der Waals surface area (Å²) in [7, 11) is 0. The van der Waals surface area contributed by atoms with Crippen molar-refractivity contribution in [3.63, 3.8) is 0 Å². The highest BCUT2D eigenvalue weighted by atomic mass is 16.5. The van der Waals surface area contributed by atoms with Crippen LogP contribution in [0, 0.1) is 11.8 Å². The molecule has 2 amide bonds. The normalized spacial score (nSPS) is 12.2. The molecule has 0 saturated carbocycles. The summed E-state index contributed by atoms with van der Waals surface area (Å²) in [6.45, 7) is 3.81. The second-order valence-corrected chi connectivity index (χ2v) is 15.6. The van der Waals surface area contributed by atoms with E-state index in [4.69, 9.17) is 29.2 Å². The zero-order valence-electron chi connectivity index (χ0n) is 36.5. The fourth-order valence-electron chi connectivity index (χ4n) is 6.28. The lowest BCUT2D eigenvalue weighted by atomic mass is 9.94. The van der Waals surface area contributed by atoms with Crippen LogP contribution in [0.2, 0.25) is 0 Å². The molecule has 0 rings (SSSR count). The van der Waals surface area contributed by atoms with Crippen LogP contribution in [0.4, 0.5) is 0 Å². The van der Waals surface area contributed by atoms with Crippen LogP contribution < -0.4 is 10.6 Å². The van der Waals surface area contributed by atoms with Crippen LogP contribution in [-0.4, -0.2) is 123 Å². The first kappa shape index (κ1) is 56.5. The molecule has 0 aliphatic heterocycles. The van der Waals surface area contributed by atoms with Gasteiger partial charge in [0.25, 0.3) is 0 Å². The van der Waals surface area contributed by atoms with Crippen molar-refractivity contribution in [2.24, 2.45) is 11.8 Å². The summed E-state index contributed by atoms with van der Waals surface area (Å²) < 4.78 is 21.4. The van der Waals surface area contributed by atoms with Gasteiger partial charge in [0.1, 0.15) is 19.0 Å². The molecule has 0 fully saturated rings. The molecular formula is C44H78N2O14. The number of ether oxygens (including phenoxy) is 4. The number of hydrogen-bond acceptors (Lipinski definition) is 11. The van der Waals surface area contributed by atoms with Gasteiger partial charge < -0.3 is 44.9 Å². The van der Waals surface area contributed by atoms with Crippen molar-refractivity contribution in [3.8, 4) is 0 Å². The molecule has 1 unspecified atom stereocenters. The number of unbranched alkanes of at least 4 members (excludes halogenated alkanes) is 14. The SMILES string of the molecule is C[C@@H](CCCCNC(=O)COCCOCCCC(=O)COCCOCCNC(=O)CCC(CC(=O)CCCCCCCCCCCCCCCCC(=O)O)C(=O)O)C(=O)O. The summed E-state index contributed by atoms with van der Waals surface area (Å²) in [4.78, 5) is 81.4. The molecule has 0 bridgehead atoms. The van der Waals surface area contributed by atoms with E-state index in [-0.39, 0.29) is 95.3 Å². The molecule has 0 saturated heterocycles. The van der Waals surface area contributed by atoms with Crippen LogP contribution in [0.1, 0.15) is 161 Å². The molecule has 5 N–H and O–H groups in total. The number of Topliss-reactive ketones (excluding diaryl/α,β-unsaturated/α-hetero) is 2. The molecule has 0 aliphatic rings. The van der Waals surface area contributed by atoms with Gasteiger partial charge in [-0.05, 0) is 38.5 Å². The average Bonchev–Trinajstić information content (AvgIpc) is 3.20. The summed E-state index contributed by atoms with van der Waals surface area (Å²) in [6.07, 6.45) is 18.8. The number of carboxylic acid groups (broad SMARTS) is 3. The van der Waals surface area contributed by atoms with E-state index in [0.29, 0.717) is 51.9 Å². The van der Waals surface area contributed by atoms with Crippen LogP contribution >= 0.6 is 0 Å². The lowest BCUT2D eigenvalue weighted by molar-refractivity contribution is -0.144. The summed E-state index contributed by atoms with van der Waals surface area (Å²) in [6, 6.07) is 0. The van der Waals surface area contributed by atoms with E-state index in [1.807, 2.05) is 0 Å². The Morgan fingerprint density at radius 3 is 1.50 bits per heavy atom. The van der Waals surface area contributed by atoms with E-state index in [9.17, 15) is 38.7 Å². The third-order valence-corrected chi connectivity index (χ3v) is 10.0. The topological polar surface area (TPSA) is 241 Å². The number of rotatable bonds is 46. The maximum absolute atomic E-state index is 12.4. The Labute approximate surface area is 357 Å². The van der Waals surface area contributed by atoms with E-state index in [2.05, 4.69) is 10.6 Å². The number of hydrogen-bond donors (Lipinski definition) is 5. The maximum Gasteiger partial charge on any atom is 0.306 e. The number of carbonyl (C=O) groups excluding carboxylic acids is 4. The monoisotopic (exact) mass is 859 g/mol. The highest BCUT2D eigenvalue weighted by molar-refractivity contribution is 5.84. The quantitative estimate of drug-likeness (QED) is 0.0423.